The Bertz CT molecular complexity index is 481. The molecule has 1 heterocycles. The van der Waals surface area contributed by atoms with Gasteiger partial charge in [-0.25, -0.2) is 9.97 Å². The van der Waals surface area contributed by atoms with Gasteiger partial charge in [-0.3, -0.25) is 0 Å². The number of nitrogen functional groups attached to an aromatic ring is 1. The lowest BCUT2D eigenvalue weighted by atomic mass is 10.1. The van der Waals surface area contributed by atoms with Crippen LogP contribution < -0.4 is 11.1 Å². The van der Waals surface area contributed by atoms with E-state index >= 15 is 0 Å². The van der Waals surface area contributed by atoms with Crippen molar-refractivity contribution < 1.29 is 0 Å². The first-order chi connectivity index (χ1) is 9.24. The molecule has 2 aromatic rings. The summed E-state index contributed by atoms with van der Waals surface area (Å²) in [6, 6.07) is 11.0. The van der Waals surface area contributed by atoms with E-state index in [1.165, 1.54) is 5.56 Å². The third-order valence-corrected chi connectivity index (χ3v) is 3.09. The number of aromatic nitrogens is 2. The van der Waals surface area contributed by atoms with Crippen LogP contribution in [0, 0.1) is 0 Å². The number of anilines is 1. The van der Waals surface area contributed by atoms with Gasteiger partial charge in [0.1, 0.15) is 0 Å². The zero-order chi connectivity index (χ0) is 13.5. The molecule has 2 rings (SSSR count). The summed E-state index contributed by atoms with van der Waals surface area (Å²) in [6.07, 6.45) is 5.73. The molecule has 4 nitrogen and oxygen atoms in total. The summed E-state index contributed by atoms with van der Waals surface area (Å²) in [5, 5.41) is 3.47. The Morgan fingerprint density at radius 1 is 1.11 bits per heavy atom. The third-order valence-electron chi connectivity index (χ3n) is 3.09. The smallest absolute Gasteiger partial charge is 0.219 e. The number of nitrogens with two attached hydrogens (primary N) is 1. The molecule has 1 atom stereocenters. The summed E-state index contributed by atoms with van der Waals surface area (Å²) < 4.78 is 0. The van der Waals surface area contributed by atoms with Crippen LogP contribution in [0.3, 0.4) is 0 Å². The first-order valence-corrected chi connectivity index (χ1v) is 6.58. The third kappa shape index (κ3) is 4.67. The van der Waals surface area contributed by atoms with Gasteiger partial charge in [0.2, 0.25) is 5.95 Å². The molecule has 0 radical (unpaired) electrons. The van der Waals surface area contributed by atoms with Crippen LogP contribution in [0.5, 0.6) is 0 Å². The SMILES string of the molecule is C[C@H](CCc1ccccc1)NCc1cnc(N)nc1. The predicted octanol–water partition coefficient (Wildman–Crippen LogP) is 2.17. The number of nitrogens with one attached hydrogen (secondary N) is 1. The molecular weight excluding hydrogens is 236 g/mol. The number of rotatable bonds is 6. The van der Waals surface area contributed by atoms with Gasteiger partial charge in [-0.1, -0.05) is 30.3 Å². The minimum atomic E-state index is 0.320. The number of benzene rings is 1. The van der Waals surface area contributed by atoms with Gasteiger partial charge < -0.3 is 11.1 Å². The Morgan fingerprint density at radius 2 is 1.79 bits per heavy atom. The Kier molecular flexibility index (Phi) is 4.86. The van der Waals surface area contributed by atoms with E-state index < -0.39 is 0 Å². The molecule has 4 heteroatoms. The lowest BCUT2D eigenvalue weighted by Gasteiger charge is -2.13. The lowest BCUT2D eigenvalue weighted by Crippen LogP contribution is -2.26. The molecule has 3 N–H and O–H groups in total. The van der Waals surface area contributed by atoms with Gasteiger partial charge in [-0.05, 0) is 25.3 Å². The predicted molar refractivity (Wildman–Crippen MR) is 77.5 cm³/mol. The van der Waals surface area contributed by atoms with Gasteiger partial charge in [-0.2, -0.15) is 0 Å². The van der Waals surface area contributed by atoms with Crippen LogP contribution in [0.15, 0.2) is 42.7 Å². The van der Waals surface area contributed by atoms with Crippen LogP contribution in [-0.2, 0) is 13.0 Å². The molecule has 0 spiro atoms. The van der Waals surface area contributed by atoms with Crippen LogP contribution in [0.4, 0.5) is 5.95 Å². The minimum Gasteiger partial charge on any atom is -0.368 e. The minimum absolute atomic E-state index is 0.320. The molecule has 0 aliphatic rings. The second-order valence-electron chi connectivity index (χ2n) is 4.76. The normalized spacial score (nSPS) is 12.3. The topological polar surface area (TPSA) is 63.8 Å². The first kappa shape index (κ1) is 13.5. The number of aryl methyl sites for hydroxylation is 1. The van der Waals surface area contributed by atoms with Crippen molar-refractivity contribution in [2.45, 2.75) is 32.4 Å². The van der Waals surface area contributed by atoms with Crippen molar-refractivity contribution in [3.8, 4) is 0 Å². The average Bonchev–Trinajstić information content (AvgIpc) is 2.45. The van der Waals surface area contributed by atoms with E-state index in [0.717, 1.165) is 24.9 Å². The Labute approximate surface area is 114 Å². The fourth-order valence-electron chi connectivity index (χ4n) is 1.88. The van der Waals surface area contributed by atoms with Gasteiger partial charge in [0.25, 0.3) is 0 Å². The van der Waals surface area contributed by atoms with E-state index in [4.69, 9.17) is 5.73 Å². The average molecular weight is 256 g/mol. The molecule has 0 amide bonds. The molecule has 1 aromatic carbocycles. The molecule has 0 unspecified atom stereocenters. The molecule has 0 saturated heterocycles. The molecule has 0 aliphatic heterocycles. The summed E-state index contributed by atoms with van der Waals surface area (Å²) in [4.78, 5) is 7.95. The highest BCUT2D eigenvalue weighted by molar-refractivity contribution is 5.17. The molecule has 0 fully saturated rings. The fourth-order valence-corrected chi connectivity index (χ4v) is 1.88. The van der Waals surface area contributed by atoms with E-state index in [2.05, 4.69) is 46.5 Å². The first-order valence-electron chi connectivity index (χ1n) is 6.58. The summed E-state index contributed by atoms with van der Waals surface area (Å²) in [5.41, 5.74) is 7.89. The Hall–Kier alpha value is -1.94. The van der Waals surface area contributed by atoms with Crippen LogP contribution in [0.25, 0.3) is 0 Å². The van der Waals surface area contributed by atoms with E-state index in [9.17, 15) is 0 Å². The van der Waals surface area contributed by atoms with E-state index in [-0.39, 0.29) is 0 Å². The standard InChI is InChI=1S/C15H20N4/c1-12(7-8-13-5-3-2-4-6-13)17-9-14-10-18-15(16)19-11-14/h2-6,10-12,17H,7-9H2,1H3,(H2,16,18,19)/t12-/m1/s1. The summed E-state index contributed by atoms with van der Waals surface area (Å²) >= 11 is 0. The monoisotopic (exact) mass is 256 g/mol. The molecule has 19 heavy (non-hydrogen) atoms. The fraction of sp³-hybridized carbons (Fsp3) is 0.333. The van der Waals surface area contributed by atoms with Crippen molar-refractivity contribution in [2.75, 3.05) is 5.73 Å². The van der Waals surface area contributed by atoms with Crippen molar-refractivity contribution >= 4 is 5.95 Å². The summed E-state index contributed by atoms with van der Waals surface area (Å²) in [7, 11) is 0. The van der Waals surface area contributed by atoms with Crippen molar-refractivity contribution in [1.29, 1.82) is 0 Å². The molecular formula is C15H20N4. The number of hydrogen-bond donors (Lipinski definition) is 2. The van der Waals surface area contributed by atoms with Gasteiger partial charge in [0, 0.05) is 30.5 Å². The molecule has 0 bridgehead atoms. The van der Waals surface area contributed by atoms with Gasteiger partial charge in [-0.15, -0.1) is 0 Å². The van der Waals surface area contributed by atoms with Crippen LogP contribution in [0.1, 0.15) is 24.5 Å². The Morgan fingerprint density at radius 3 is 2.47 bits per heavy atom. The zero-order valence-electron chi connectivity index (χ0n) is 11.2. The van der Waals surface area contributed by atoms with Crippen LogP contribution >= 0.6 is 0 Å². The van der Waals surface area contributed by atoms with Crippen LogP contribution in [0.2, 0.25) is 0 Å². The summed E-state index contributed by atoms with van der Waals surface area (Å²) in [6.45, 7) is 2.97. The van der Waals surface area contributed by atoms with Crippen molar-refractivity contribution in [3.05, 3.63) is 53.9 Å². The second kappa shape index (κ2) is 6.85. The largest absolute Gasteiger partial charge is 0.368 e. The zero-order valence-corrected chi connectivity index (χ0v) is 11.2. The van der Waals surface area contributed by atoms with Crippen molar-refractivity contribution in [2.24, 2.45) is 0 Å². The highest BCUT2D eigenvalue weighted by atomic mass is 15.0. The summed E-state index contributed by atoms with van der Waals surface area (Å²) in [5.74, 6) is 0.320. The maximum atomic E-state index is 5.45. The van der Waals surface area contributed by atoms with Crippen LogP contribution in [-0.4, -0.2) is 16.0 Å². The molecule has 100 valence electrons. The maximum absolute atomic E-state index is 5.45. The van der Waals surface area contributed by atoms with Gasteiger partial charge in [0.15, 0.2) is 0 Å². The molecule has 0 aliphatic carbocycles. The van der Waals surface area contributed by atoms with Crippen molar-refractivity contribution in [1.82, 2.24) is 15.3 Å². The highest BCUT2D eigenvalue weighted by Crippen LogP contribution is 2.05. The van der Waals surface area contributed by atoms with Gasteiger partial charge in [0.05, 0.1) is 0 Å². The number of nitrogens with zero attached hydrogens (tertiary/aromatic N) is 2. The quantitative estimate of drug-likeness (QED) is 0.831. The van der Waals surface area contributed by atoms with Crippen molar-refractivity contribution in [3.63, 3.8) is 0 Å². The highest BCUT2D eigenvalue weighted by Gasteiger charge is 2.03. The number of hydrogen-bond acceptors (Lipinski definition) is 4. The Balaban J connectivity index is 1.72. The molecule has 0 saturated carbocycles. The van der Waals surface area contributed by atoms with Gasteiger partial charge >= 0.3 is 0 Å². The van der Waals surface area contributed by atoms with E-state index in [1.807, 2.05) is 6.07 Å². The second-order valence-corrected chi connectivity index (χ2v) is 4.76. The lowest BCUT2D eigenvalue weighted by molar-refractivity contribution is 0.513. The van der Waals surface area contributed by atoms with E-state index in [1.54, 1.807) is 12.4 Å². The molecule has 1 aromatic heterocycles. The van der Waals surface area contributed by atoms with E-state index in [0.29, 0.717) is 12.0 Å². The maximum Gasteiger partial charge on any atom is 0.219 e.